The van der Waals surface area contributed by atoms with Gasteiger partial charge in [0.2, 0.25) is 0 Å². The highest BCUT2D eigenvalue weighted by Gasteiger charge is 2.25. The minimum Gasteiger partial charge on any atom is -0.316 e. The smallest absolute Gasteiger partial charge is 0.00148 e. The molecule has 0 aromatic heterocycles. The standard InChI is InChI=1S/C15H23N/c1-4-13-10-16-8-7-15(13)14-6-5-11(2)9-12(14)3/h5-6,9,13,15-16H,4,7-8,10H2,1-3H3. The van der Waals surface area contributed by atoms with Crippen LogP contribution in [-0.4, -0.2) is 13.1 Å². The van der Waals surface area contributed by atoms with Crippen LogP contribution in [0.5, 0.6) is 0 Å². The van der Waals surface area contributed by atoms with E-state index in [1.165, 1.54) is 37.1 Å². The Kier molecular flexibility index (Phi) is 3.65. The van der Waals surface area contributed by atoms with E-state index in [-0.39, 0.29) is 0 Å². The van der Waals surface area contributed by atoms with Crippen molar-refractivity contribution in [2.75, 3.05) is 13.1 Å². The molecule has 1 N–H and O–H groups in total. The van der Waals surface area contributed by atoms with Gasteiger partial charge in [-0.25, -0.2) is 0 Å². The van der Waals surface area contributed by atoms with E-state index in [0.717, 1.165) is 11.8 Å². The Morgan fingerprint density at radius 1 is 1.31 bits per heavy atom. The Labute approximate surface area is 99.3 Å². The first-order valence-electron chi connectivity index (χ1n) is 6.50. The Hall–Kier alpha value is -0.820. The average Bonchev–Trinajstić information content (AvgIpc) is 2.29. The fraction of sp³-hybridized carbons (Fsp3) is 0.600. The Morgan fingerprint density at radius 3 is 2.81 bits per heavy atom. The van der Waals surface area contributed by atoms with Crippen molar-refractivity contribution >= 4 is 0 Å². The fourth-order valence-corrected chi connectivity index (χ4v) is 3.00. The summed E-state index contributed by atoms with van der Waals surface area (Å²) in [4.78, 5) is 0. The van der Waals surface area contributed by atoms with Crippen LogP contribution >= 0.6 is 0 Å². The monoisotopic (exact) mass is 217 g/mol. The Balaban J connectivity index is 2.27. The van der Waals surface area contributed by atoms with Gasteiger partial charge in [0, 0.05) is 0 Å². The fourth-order valence-electron chi connectivity index (χ4n) is 3.00. The summed E-state index contributed by atoms with van der Waals surface area (Å²) in [7, 11) is 0. The predicted molar refractivity (Wildman–Crippen MR) is 69.9 cm³/mol. The topological polar surface area (TPSA) is 12.0 Å². The third kappa shape index (κ3) is 2.30. The molecular formula is C15H23N. The average molecular weight is 217 g/mol. The van der Waals surface area contributed by atoms with Crippen molar-refractivity contribution < 1.29 is 0 Å². The number of piperidine rings is 1. The molecule has 1 heteroatoms. The summed E-state index contributed by atoms with van der Waals surface area (Å²) in [6, 6.07) is 6.94. The van der Waals surface area contributed by atoms with Crippen LogP contribution in [0.4, 0.5) is 0 Å². The molecule has 0 aliphatic carbocycles. The zero-order valence-corrected chi connectivity index (χ0v) is 10.7. The molecule has 1 aromatic carbocycles. The second-order valence-corrected chi connectivity index (χ2v) is 5.13. The van der Waals surface area contributed by atoms with Crippen LogP contribution in [-0.2, 0) is 0 Å². The second kappa shape index (κ2) is 5.01. The molecule has 1 saturated heterocycles. The highest BCUT2D eigenvalue weighted by atomic mass is 14.9. The summed E-state index contributed by atoms with van der Waals surface area (Å²) in [5, 5.41) is 3.52. The zero-order valence-electron chi connectivity index (χ0n) is 10.7. The van der Waals surface area contributed by atoms with Gasteiger partial charge >= 0.3 is 0 Å². The summed E-state index contributed by atoms with van der Waals surface area (Å²) < 4.78 is 0. The van der Waals surface area contributed by atoms with Gasteiger partial charge in [0.15, 0.2) is 0 Å². The molecule has 1 aliphatic rings. The predicted octanol–water partition coefficient (Wildman–Crippen LogP) is 3.41. The largest absolute Gasteiger partial charge is 0.316 e. The molecule has 1 aromatic rings. The summed E-state index contributed by atoms with van der Waals surface area (Å²) in [5.41, 5.74) is 4.44. The first kappa shape index (κ1) is 11.7. The van der Waals surface area contributed by atoms with E-state index in [4.69, 9.17) is 0 Å². The lowest BCUT2D eigenvalue weighted by Gasteiger charge is -2.33. The summed E-state index contributed by atoms with van der Waals surface area (Å²) in [5.74, 6) is 1.59. The lowest BCUT2D eigenvalue weighted by atomic mass is 9.78. The quantitative estimate of drug-likeness (QED) is 0.800. The van der Waals surface area contributed by atoms with Gasteiger partial charge in [-0.3, -0.25) is 0 Å². The maximum Gasteiger partial charge on any atom is -0.00148 e. The maximum atomic E-state index is 3.52. The first-order valence-corrected chi connectivity index (χ1v) is 6.50. The summed E-state index contributed by atoms with van der Waals surface area (Å²) in [6.45, 7) is 9.12. The van der Waals surface area contributed by atoms with Gasteiger partial charge in [-0.05, 0) is 56.3 Å². The number of hydrogen-bond donors (Lipinski definition) is 1. The van der Waals surface area contributed by atoms with E-state index >= 15 is 0 Å². The molecule has 0 saturated carbocycles. The van der Waals surface area contributed by atoms with Gasteiger partial charge in [-0.15, -0.1) is 0 Å². The van der Waals surface area contributed by atoms with E-state index in [9.17, 15) is 0 Å². The molecule has 1 aliphatic heterocycles. The third-order valence-corrected chi connectivity index (χ3v) is 3.96. The van der Waals surface area contributed by atoms with E-state index in [1.54, 1.807) is 5.56 Å². The van der Waals surface area contributed by atoms with E-state index < -0.39 is 0 Å². The van der Waals surface area contributed by atoms with Crippen LogP contribution in [0.25, 0.3) is 0 Å². The van der Waals surface area contributed by atoms with Crippen LogP contribution in [0, 0.1) is 19.8 Å². The minimum atomic E-state index is 0.770. The van der Waals surface area contributed by atoms with Crippen molar-refractivity contribution in [1.29, 1.82) is 0 Å². The van der Waals surface area contributed by atoms with Crippen LogP contribution in [0.3, 0.4) is 0 Å². The Morgan fingerprint density at radius 2 is 2.12 bits per heavy atom. The highest BCUT2D eigenvalue weighted by molar-refractivity contribution is 5.33. The molecule has 0 amide bonds. The maximum absolute atomic E-state index is 3.52. The van der Waals surface area contributed by atoms with Crippen molar-refractivity contribution in [3.63, 3.8) is 0 Å². The van der Waals surface area contributed by atoms with Crippen molar-refractivity contribution in [3.05, 3.63) is 34.9 Å². The van der Waals surface area contributed by atoms with Crippen molar-refractivity contribution in [2.45, 2.75) is 39.5 Å². The highest BCUT2D eigenvalue weighted by Crippen LogP contribution is 2.34. The molecule has 0 spiro atoms. The normalized spacial score (nSPS) is 25.7. The van der Waals surface area contributed by atoms with E-state index in [1.807, 2.05) is 0 Å². The third-order valence-electron chi connectivity index (χ3n) is 3.96. The number of hydrogen-bond acceptors (Lipinski definition) is 1. The van der Waals surface area contributed by atoms with Crippen LogP contribution in [0.15, 0.2) is 18.2 Å². The van der Waals surface area contributed by atoms with Crippen molar-refractivity contribution in [1.82, 2.24) is 5.32 Å². The first-order chi connectivity index (χ1) is 7.72. The van der Waals surface area contributed by atoms with Gasteiger partial charge in [0.25, 0.3) is 0 Å². The summed E-state index contributed by atoms with van der Waals surface area (Å²) in [6.07, 6.45) is 2.58. The van der Waals surface area contributed by atoms with Gasteiger partial charge in [-0.1, -0.05) is 37.1 Å². The molecule has 2 unspecified atom stereocenters. The molecule has 0 bridgehead atoms. The lowest BCUT2D eigenvalue weighted by Crippen LogP contribution is -2.35. The molecule has 88 valence electrons. The van der Waals surface area contributed by atoms with Crippen LogP contribution in [0.2, 0.25) is 0 Å². The minimum absolute atomic E-state index is 0.770. The van der Waals surface area contributed by atoms with E-state index in [0.29, 0.717) is 0 Å². The number of aryl methyl sites for hydroxylation is 2. The molecule has 16 heavy (non-hydrogen) atoms. The van der Waals surface area contributed by atoms with Gasteiger partial charge < -0.3 is 5.32 Å². The molecule has 2 rings (SSSR count). The van der Waals surface area contributed by atoms with Crippen molar-refractivity contribution in [2.24, 2.45) is 5.92 Å². The zero-order chi connectivity index (χ0) is 11.5. The second-order valence-electron chi connectivity index (χ2n) is 5.13. The molecule has 1 fully saturated rings. The number of benzene rings is 1. The Bertz CT molecular complexity index is 356. The SMILES string of the molecule is CCC1CNCCC1c1ccc(C)cc1C. The van der Waals surface area contributed by atoms with Crippen molar-refractivity contribution in [3.8, 4) is 0 Å². The van der Waals surface area contributed by atoms with Gasteiger partial charge in [0.1, 0.15) is 0 Å². The molecular weight excluding hydrogens is 194 g/mol. The number of rotatable bonds is 2. The van der Waals surface area contributed by atoms with Gasteiger partial charge in [-0.2, -0.15) is 0 Å². The number of nitrogens with one attached hydrogen (secondary N) is 1. The van der Waals surface area contributed by atoms with Gasteiger partial charge in [0.05, 0.1) is 0 Å². The summed E-state index contributed by atoms with van der Waals surface area (Å²) >= 11 is 0. The molecule has 1 heterocycles. The van der Waals surface area contributed by atoms with Crippen LogP contribution in [0.1, 0.15) is 42.4 Å². The lowest BCUT2D eigenvalue weighted by molar-refractivity contribution is 0.317. The van der Waals surface area contributed by atoms with E-state index in [2.05, 4.69) is 44.3 Å². The van der Waals surface area contributed by atoms with Crippen LogP contribution < -0.4 is 5.32 Å². The molecule has 1 nitrogen and oxygen atoms in total. The molecule has 2 atom stereocenters. The molecule has 0 radical (unpaired) electrons.